The summed E-state index contributed by atoms with van der Waals surface area (Å²) in [5, 5.41) is 13.5. The lowest BCUT2D eigenvalue weighted by Crippen LogP contribution is -2.45. The van der Waals surface area contributed by atoms with Crippen LogP contribution >= 0.6 is 0 Å². The SMILES string of the molecule is Cc1nccn1CC(=O)NCC1(O)CCN(c2ccccn2)C1. The Morgan fingerprint density at radius 1 is 1.39 bits per heavy atom. The maximum absolute atomic E-state index is 12.0. The van der Waals surface area contributed by atoms with E-state index in [0.29, 0.717) is 13.0 Å². The maximum Gasteiger partial charge on any atom is 0.240 e. The normalized spacial score (nSPS) is 20.7. The van der Waals surface area contributed by atoms with Gasteiger partial charge in [-0.25, -0.2) is 9.97 Å². The van der Waals surface area contributed by atoms with Crippen LogP contribution in [0.2, 0.25) is 0 Å². The molecule has 1 aliphatic rings. The number of aromatic nitrogens is 3. The summed E-state index contributed by atoms with van der Waals surface area (Å²) in [6, 6.07) is 5.71. The van der Waals surface area contributed by atoms with Gasteiger partial charge in [-0.15, -0.1) is 0 Å². The first-order valence-electron chi connectivity index (χ1n) is 7.69. The van der Waals surface area contributed by atoms with E-state index in [9.17, 15) is 9.90 Å². The van der Waals surface area contributed by atoms with E-state index in [2.05, 4.69) is 15.3 Å². The second-order valence-corrected chi connectivity index (χ2v) is 5.96. The van der Waals surface area contributed by atoms with E-state index < -0.39 is 5.60 Å². The van der Waals surface area contributed by atoms with Gasteiger partial charge in [0, 0.05) is 38.2 Å². The molecule has 2 N–H and O–H groups in total. The van der Waals surface area contributed by atoms with Crippen molar-refractivity contribution in [1.82, 2.24) is 19.9 Å². The largest absolute Gasteiger partial charge is 0.386 e. The molecule has 0 aromatic carbocycles. The molecule has 7 nitrogen and oxygen atoms in total. The van der Waals surface area contributed by atoms with E-state index >= 15 is 0 Å². The van der Waals surface area contributed by atoms with Gasteiger partial charge in [-0.3, -0.25) is 4.79 Å². The van der Waals surface area contributed by atoms with Crippen molar-refractivity contribution in [3.63, 3.8) is 0 Å². The molecule has 2 aromatic rings. The molecule has 1 atom stereocenters. The fraction of sp³-hybridized carbons (Fsp3) is 0.438. The zero-order valence-corrected chi connectivity index (χ0v) is 13.1. The highest BCUT2D eigenvalue weighted by Crippen LogP contribution is 2.24. The zero-order chi connectivity index (χ0) is 16.3. The Bertz CT molecular complexity index is 672. The zero-order valence-electron chi connectivity index (χ0n) is 13.1. The van der Waals surface area contributed by atoms with E-state index in [0.717, 1.165) is 18.2 Å². The molecule has 23 heavy (non-hydrogen) atoms. The molecule has 1 amide bonds. The molecule has 2 aromatic heterocycles. The summed E-state index contributed by atoms with van der Waals surface area (Å²) in [5.41, 5.74) is -0.919. The molecule has 7 heteroatoms. The molecule has 3 rings (SSSR count). The standard InChI is InChI=1S/C16H21N5O2/c1-13-17-7-9-20(13)10-15(22)19-11-16(23)5-8-21(12-16)14-4-2-3-6-18-14/h2-4,6-7,9,23H,5,8,10-12H2,1H3,(H,19,22). The molecular weight excluding hydrogens is 294 g/mol. The van der Waals surface area contributed by atoms with Crippen molar-refractivity contribution in [1.29, 1.82) is 0 Å². The minimum Gasteiger partial charge on any atom is -0.386 e. The number of amides is 1. The summed E-state index contributed by atoms with van der Waals surface area (Å²) in [6.07, 6.45) is 5.77. The fourth-order valence-electron chi connectivity index (χ4n) is 2.78. The van der Waals surface area contributed by atoms with Gasteiger partial charge in [-0.05, 0) is 25.5 Å². The molecule has 0 saturated carbocycles. The molecule has 0 spiro atoms. The number of anilines is 1. The van der Waals surface area contributed by atoms with Crippen molar-refractivity contribution >= 4 is 11.7 Å². The number of hydrogen-bond donors (Lipinski definition) is 2. The third-order valence-corrected chi connectivity index (χ3v) is 4.16. The van der Waals surface area contributed by atoms with Crippen molar-refractivity contribution < 1.29 is 9.90 Å². The minimum absolute atomic E-state index is 0.129. The number of carbonyl (C=O) groups excluding carboxylic acids is 1. The van der Waals surface area contributed by atoms with Crippen LogP contribution in [-0.2, 0) is 11.3 Å². The van der Waals surface area contributed by atoms with E-state index in [1.807, 2.05) is 30.0 Å². The van der Waals surface area contributed by atoms with Gasteiger partial charge in [0.05, 0.1) is 0 Å². The lowest BCUT2D eigenvalue weighted by atomic mass is 10.0. The number of β-amino-alcohol motifs (C(OH)–C–C–N with tert-alkyl or cyclic N) is 1. The van der Waals surface area contributed by atoms with E-state index in [1.54, 1.807) is 23.2 Å². The summed E-state index contributed by atoms with van der Waals surface area (Å²) >= 11 is 0. The van der Waals surface area contributed by atoms with Crippen molar-refractivity contribution in [2.24, 2.45) is 0 Å². The highest BCUT2D eigenvalue weighted by atomic mass is 16.3. The summed E-state index contributed by atoms with van der Waals surface area (Å²) in [7, 11) is 0. The predicted molar refractivity (Wildman–Crippen MR) is 86.0 cm³/mol. The van der Waals surface area contributed by atoms with Crippen LogP contribution in [-0.4, -0.2) is 50.8 Å². The topological polar surface area (TPSA) is 83.3 Å². The number of aliphatic hydroxyl groups is 1. The fourth-order valence-corrected chi connectivity index (χ4v) is 2.78. The van der Waals surface area contributed by atoms with Gasteiger partial charge in [0.15, 0.2) is 0 Å². The van der Waals surface area contributed by atoms with Crippen LogP contribution in [0.25, 0.3) is 0 Å². The maximum atomic E-state index is 12.0. The summed E-state index contributed by atoms with van der Waals surface area (Å²) in [4.78, 5) is 22.4. The van der Waals surface area contributed by atoms with Crippen LogP contribution in [0.4, 0.5) is 5.82 Å². The Balaban J connectivity index is 1.52. The number of imidazole rings is 1. The first-order valence-corrected chi connectivity index (χ1v) is 7.69. The van der Waals surface area contributed by atoms with Crippen molar-refractivity contribution in [3.8, 4) is 0 Å². The Labute approximate surface area is 135 Å². The smallest absolute Gasteiger partial charge is 0.240 e. The molecule has 1 saturated heterocycles. The lowest BCUT2D eigenvalue weighted by Gasteiger charge is -2.24. The van der Waals surface area contributed by atoms with Gasteiger partial charge >= 0.3 is 0 Å². The predicted octanol–water partition coefficient (Wildman–Crippen LogP) is 0.344. The average Bonchev–Trinajstić information content (AvgIpc) is 3.14. The molecule has 0 bridgehead atoms. The van der Waals surface area contributed by atoms with E-state index in [-0.39, 0.29) is 19.0 Å². The summed E-state index contributed by atoms with van der Waals surface area (Å²) in [6.45, 7) is 3.50. The number of pyridine rings is 1. The monoisotopic (exact) mass is 315 g/mol. The van der Waals surface area contributed by atoms with Gasteiger partial charge in [0.25, 0.3) is 0 Å². The highest BCUT2D eigenvalue weighted by Gasteiger charge is 2.36. The first kappa shape index (κ1) is 15.5. The van der Waals surface area contributed by atoms with Gasteiger partial charge in [-0.1, -0.05) is 6.07 Å². The molecule has 122 valence electrons. The molecular formula is C16H21N5O2. The minimum atomic E-state index is -0.919. The molecule has 1 unspecified atom stereocenters. The average molecular weight is 315 g/mol. The van der Waals surface area contributed by atoms with E-state index in [1.165, 1.54) is 0 Å². The van der Waals surface area contributed by atoms with Crippen LogP contribution in [0.3, 0.4) is 0 Å². The Hall–Kier alpha value is -2.41. The number of carbonyl (C=O) groups is 1. The van der Waals surface area contributed by atoms with Gasteiger partial charge in [-0.2, -0.15) is 0 Å². The van der Waals surface area contributed by atoms with Crippen molar-refractivity contribution in [3.05, 3.63) is 42.6 Å². The van der Waals surface area contributed by atoms with Gasteiger partial charge in [0.1, 0.15) is 23.8 Å². The van der Waals surface area contributed by atoms with Gasteiger partial charge < -0.3 is 19.9 Å². The second kappa shape index (κ2) is 6.37. The first-order chi connectivity index (χ1) is 11.1. The second-order valence-electron chi connectivity index (χ2n) is 5.96. The van der Waals surface area contributed by atoms with E-state index in [4.69, 9.17) is 0 Å². The van der Waals surface area contributed by atoms with Crippen LogP contribution < -0.4 is 10.2 Å². The number of nitrogens with one attached hydrogen (secondary N) is 1. The Morgan fingerprint density at radius 3 is 2.96 bits per heavy atom. The van der Waals surface area contributed by atoms with Crippen LogP contribution in [0, 0.1) is 6.92 Å². The summed E-state index contributed by atoms with van der Waals surface area (Å²) in [5.74, 6) is 1.51. The third-order valence-electron chi connectivity index (χ3n) is 4.16. The van der Waals surface area contributed by atoms with Crippen LogP contribution in [0.5, 0.6) is 0 Å². The molecule has 1 fully saturated rings. The molecule has 0 aliphatic carbocycles. The molecule has 1 aliphatic heterocycles. The van der Waals surface area contributed by atoms with Crippen molar-refractivity contribution in [2.75, 3.05) is 24.5 Å². The Morgan fingerprint density at radius 2 is 2.26 bits per heavy atom. The number of hydrogen-bond acceptors (Lipinski definition) is 5. The summed E-state index contributed by atoms with van der Waals surface area (Å²) < 4.78 is 1.77. The van der Waals surface area contributed by atoms with Crippen molar-refractivity contribution in [2.45, 2.75) is 25.5 Å². The third kappa shape index (κ3) is 3.68. The van der Waals surface area contributed by atoms with Crippen LogP contribution in [0.1, 0.15) is 12.2 Å². The van der Waals surface area contributed by atoms with Crippen LogP contribution in [0.15, 0.2) is 36.8 Å². The highest BCUT2D eigenvalue weighted by molar-refractivity contribution is 5.75. The number of nitrogens with zero attached hydrogens (tertiary/aromatic N) is 4. The number of aryl methyl sites for hydroxylation is 1. The molecule has 3 heterocycles. The number of rotatable bonds is 5. The lowest BCUT2D eigenvalue weighted by molar-refractivity contribution is -0.122. The quantitative estimate of drug-likeness (QED) is 0.831. The Kier molecular flexibility index (Phi) is 4.29. The molecule has 0 radical (unpaired) electrons. The van der Waals surface area contributed by atoms with Gasteiger partial charge in [0.2, 0.25) is 5.91 Å².